The standard InChI is InChI=1S/C16H19NO2/c1-11-6-7-14(13(9-11)5-3-4-8-18)16(19)17-15-10-12(15)2/h6-7,9,12,15,18H,4,8,10H2,1-2H3,(H,17,19). The molecule has 19 heavy (non-hydrogen) atoms. The van der Waals surface area contributed by atoms with Gasteiger partial charge in [-0.1, -0.05) is 24.8 Å². The van der Waals surface area contributed by atoms with E-state index in [1.165, 1.54) is 0 Å². The minimum absolute atomic E-state index is 0.0416. The van der Waals surface area contributed by atoms with Crippen LogP contribution < -0.4 is 5.32 Å². The Kier molecular flexibility index (Phi) is 4.24. The van der Waals surface area contributed by atoms with Crippen molar-refractivity contribution in [1.29, 1.82) is 0 Å². The van der Waals surface area contributed by atoms with Crippen molar-refractivity contribution in [3.05, 3.63) is 34.9 Å². The lowest BCUT2D eigenvalue weighted by Crippen LogP contribution is -2.27. The van der Waals surface area contributed by atoms with Crippen molar-refractivity contribution < 1.29 is 9.90 Å². The zero-order valence-corrected chi connectivity index (χ0v) is 11.4. The molecule has 1 fully saturated rings. The molecule has 100 valence electrons. The third kappa shape index (κ3) is 3.59. The van der Waals surface area contributed by atoms with Crippen LogP contribution in [0.25, 0.3) is 0 Å². The lowest BCUT2D eigenvalue weighted by atomic mass is 10.0. The number of carbonyl (C=O) groups excluding carboxylic acids is 1. The zero-order valence-electron chi connectivity index (χ0n) is 11.4. The molecule has 0 spiro atoms. The Morgan fingerprint density at radius 3 is 2.89 bits per heavy atom. The quantitative estimate of drug-likeness (QED) is 0.812. The summed E-state index contributed by atoms with van der Waals surface area (Å²) in [5.74, 6) is 6.37. The fourth-order valence-corrected chi connectivity index (χ4v) is 1.94. The summed E-state index contributed by atoms with van der Waals surface area (Å²) in [5, 5.41) is 11.8. The highest BCUT2D eigenvalue weighted by atomic mass is 16.2. The summed E-state index contributed by atoms with van der Waals surface area (Å²) >= 11 is 0. The van der Waals surface area contributed by atoms with Gasteiger partial charge in [-0.15, -0.1) is 0 Å². The largest absolute Gasteiger partial charge is 0.395 e. The van der Waals surface area contributed by atoms with Gasteiger partial charge in [0.25, 0.3) is 5.91 Å². The van der Waals surface area contributed by atoms with Gasteiger partial charge >= 0.3 is 0 Å². The molecular weight excluding hydrogens is 238 g/mol. The zero-order chi connectivity index (χ0) is 13.8. The molecule has 0 saturated heterocycles. The first-order valence-corrected chi connectivity index (χ1v) is 6.63. The van der Waals surface area contributed by atoms with Gasteiger partial charge in [0.05, 0.1) is 12.2 Å². The van der Waals surface area contributed by atoms with Gasteiger partial charge in [0.15, 0.2) is 0 Å². The number of carbonyl (C=O) groups is 1. The Labute approximate surface area is 114 Å². The molecule has 1 amide bonds. The van der Waals surface area contributed by atoms with E-state index in [1.54, 1.807) is 0 Å². The summed E-state index contributed by atoms with van der Waals surface area (Å²) in [4.78, 5) is 12.2. The van der Waals surface area contributed by atoms with Gasteiger partial charge in [0.1, 0.15) is 0 Å². The summed E-state index contributed by atoms with van der Waals surface area (Å²) in [6.07, 6.45) is 1.48. The van der Waals surface area contributed by atoms with E-state index in [-0.39, 0.29) is 12.5 Å². The molecule has 0 bridgehead atoms. The highest BCUT2D eigenvalue weighted by molar-refractivity contribution is 5.97. The van der Waals surface area contributed by atoms with Crippen LogP contribution in [0.4, 0.5) is 0 Å². The minimum Gasteiger partial charge on any atom is -0.395 e. The number of aryl methyl sites for hydroxylation is 1. The predicted molar refractivity (Wildman–Crippen MR) is 74.8 cm³/mol. The van der Waals surface area contributed by atoms with E-state index < -0.39 is 0 Å². The average molecular weight is 257 g/mol. The summed E-state index contributed by atoms with van der Waals surface area (Å²) < 4.78 is 0. The van der Waals surface area contributed by atoms with Crippen molar-refractivity contribution >= 4 is 5.91 Å². The molecule has 2 atom stereocenters. The minimum atomic E-state index is -0.0531. The Morgan fingerprint density at radius 1 is 1.53 bits per heavy atom. The number of aliphatic hydroxyl groups excluding tert-OH is 1. The first kappa shape index (κ1) is 13.6. The van der Waals surface area contributed by atoms with Crippen LogP contribution in [0.5, 0.6) is 0 Å². The average Bonchev–Trinajstić information content (AvgIpc) is 3.05. The molecule has 3 nitrogen and oxygen atoms in total. The second-order valence-electron chi connectivity index (χ2n) is 5.12. The predicted octanol–water partition coefficient (Wildman–Crippen LogP) is 1.87. The molecule has 0 aliphatic heterocycles. The molecule has 1 aromatic rings. The normalized spacial score (nSPS) is 20.4. The number of hydrogen-bond donors (Lipinski definition) is 2. The van der Waals surface area contributed by atoms with Crippen molar-refractivity contribution in [3.8, 4) is 11.8 Å². The van der Waals surface area contributed by atoms with Crippen molar-refractivity contribution in [3.63, 3.8) is 0 Å². The molecule has 1 saturated carbocycles. The van der Waals surface area contributed by atoms with Gasteiger partial charge in [0.2, 0.25) is 0 Å². The maximum absolute atomic E-state index is 12.2. The van der Waals surface area contributed by atoms with E-state index in [4.69, 9.17) is 5.11 Å². The van der Waals surface area contributed by atoms with Gasteiger partial charge in [-0.2, -0.15) is 0 Å². The van der Waals surface area contributed by atoms with Crippen LogP contribution in [0.2, 0.25) is 0 Å². The molecular formula is C16H19NO2. The van der Waals surface area contributed by atoms with Crippen LogP contribution >= 0.6 is 0 Å². The second-order valence-corrected chi connectivity index (χ2v) is 5.12. The number of amides is 1. The Morgan fingerprint density at radius 2 is 2.26 bits per heavy atom. The van der Waals surface area contributed by atoms with E-state index >= 15 is 0 Å². The summed E-state index contributed by atoms with van der Waals surface area (Å²) in [6.45, 7) is 4.14. The van der Waals surface area contributed by atoms with E-state index in [9.17, 15) is 4.79 Å². The van der Waals surface area contributed by atoms with Crippen LogP contribution in [0.1, 0.15) is 41.3 Å². The number of aliphatic hydroxyl groups is 1. The molecule has 1 aromatic carbocycles. The highest BCUT2D eigenvalue weighted by Gasteiger charge is 2.34. The number of rotatable bonds is 3. The SMILES string of the molecule is Cc1ccc(C(=O)NC2CC2C)c(C#CCCO)c1. The lowest BCUT2D eigenvalue weighted by Gasteiger charge is -2.07. The van der Waals surface area contributed by atoms with Crippen molar-refractivity contribution in [2.24, 2.45) is 5.92 Å². The second kappa shape index (κ2) is 5.90. The maximum atomic E-state index is 12.2. The van der Waals surface area contributed by atoms with Crippen LogP contribution in [0.15, 0.2) is 18.2 Å². The molecule has 3 heteroatoms. The van der Waals surface area contributed by atoms with Crippen LogP contribution in [-0.2, 0) is 0 Å². The number of hydrogen-bond acceptors (Lipinski definition) is 2. The summed E-state index contributed by atoms with van der Waals surface area (Å²) in [7, 11) is 0. The highest BCUT2D eigenvalue weighted by Crippen LogP contribution is 2.29. The van der Waals surface area contributed by atoms with Crippen LogP contribution in [0, 0.1) is 24.7 Å². The number of benzene rings is 1. The lowest BCUT2D eigenvalue weighted by molar-refractivity contribution is 0.0949. The molecule has 0 heterocycles. The maximum Gasteiger partial charge on any atom is 0.252 e. The third-order valence-electron chi connectivity index (χ3n) is 3.31. The topological polar surface area (TPSA) is 49.3 Å². The van der Waals surface area contributed by atoms with Gasteiger partial charge in [0, 0.05) is 18.0 Å². The summed E-state index contributed by atoms with van der Waals surface area (Å²) in [6, 6.07) is 5.96. The van der Waals surface area contributed by atoms with E-state index in [1.807, 2.05) is 25.1 Å². The fourth-order valence-electron chi connectivity index (χ4n) is 1.94. The summed E-state index contributed by atoms with van der Waals surface area (Å²) in [5.41, 5.74) is 2.43. The van der Waals surface area contributed by atoms with E-state index in [2.05, 4.69) is 24.1 Å². The monoisotopic (exact) mass is 257 g/mol. The fraction of sp³-hybridized carbons (Fsp3) is 0.438. The van der Waals surface area contributed by atoms with Crippen molar-refractivity contribution in [2.75, 3.05) is 6.61 Å². The number of nitrogens with one attached hydrogen (secondary N) is 1. The Bertz CT molecular complexity index is 539. The van der Waals surface area contributed by atoms with E-state index in [0.29, 0.717) is 23.9 Å². The molecule has 0 aromatic heterocycles. The first-order valence-electron chi connectivity index (χ1n) is 6.63. The van der Waals surface area contributed by atoms with Gasteiger partial charge in [-0.25, -0.2) is 0 Å². The van der Waals surface area contributed by atoms with Crippen LogP contribution in [-0.4, -0.2) is 23.7 Å². The molecule has 2 unspecified atom stereocenters. The van der Waals surface area contributed by atoms with Crippen molar-refractivity contribution in [2.45, 2.75) is 32.7 Å². The Balaban J connectivity index is 2.18. The van der Waals surface area contributed by atoms with Gasteiger partial charge in [-0.05, 0) is 37.0 Å². The smallest absolute Gasteiger partial charge is 0.252 e. The molecule has 0 radical (unpaired) electrons. The van der Waals surface area contributed by atoms with Gasteiger partial charge in [-0.3, -0.25) is 4.79 Å². The van der Waals surface area contributed by atoms with E-state index in [0.717, 1.165) is 17.5 Å². The van der Waals surface area contributed by atoms with Gasteiger partial charge < -0.3 is 10.4 Å². The molecule has 1 aliphatic carbocycles. The third-order valence-corrected chi connectivity index (χ3v) is 3.31. The van der Waals surface area contributed by atoms with Crippen molar-refractivity contribution in [1.82, 2.24) is 5.32 Å². The Hall–Kier alpha value is -1.79. The van der Waals surface area contributed by atoms with Crippen LogP contribution in [0.3, 0.4) is 0 Å². The first-order chi connectivity index (χ1) is 9.11. The molecule has 2 N–H and O–H groups in total. The molecule has 1 aliphatic rings. The molecule has 2 rings (SSSR count).